The number of ketones is 1. The monoisotopic (exact) mass is 494 g/mol. The highest BCUT2D eigenvalue weighted by Gasteiger charge is 2.76. The van der Waals surface area contributed by atoms with Crippen LogP contribution in [0.15, 0.2) is 35.7 Å². The number of aliphatic hydroxyl groups excluding tert-OH is 2. The summed E-state index contributed by atoms with van der Waals surface area (Å²) in [4.78, 5) is 21.5. The number of fused-ring (bicyclic) bond motifs is 3. The van der Waals surface area contributed by atoms with Gasteiger partial charge >= 0.3 is 12.2 Å². The van der Waals surface area contributed by atoms with Gasteiger partial charge in [-0.25, -0.2) is 9.97 Å². The van der Waals surface area contributed by atoms with E-state index in [1.54, 1.807) is 19.1 Å². The quantitative estimate of drug-likeness (QED) is 0.554. The minimum absolute atomic E-state index is 0.0137. The summed E-state index contributed by atoms with van der Waals surface area (Å²) in [6.07, 6.45) is -2.57. The Balaban J connectivity index is 1.61. The average Bonchev–Trinajstić information content (AvgIpc) is 3.27. The zero-order valence-electron chi connectivity index (χ0n) is 19.9. The summed E-state index contributed by atoms with van der Waals surface area (Å²) < 4.78 is 44.6. The number of carbonyl (C=O) groups is 1. The van der Waals surface area contributed by atoms with Crippen molar-refractivity contribution < 1.29 is 38.0 Å². The SMILES string of the molecule is CC1=C[C@]23C(=O)[C@@H](C=C(CO)[C@@H](O)[C@]2(O)[C@H]1Oc1ncc(C(F)(F)F)cn1)[C@H]1[C@@H](C[C@H]3C)C1(C)C. The Kier molecular flexibility index (Phi) is 5.13. The maximum absolute atomic E-state index is 14.2. The summed E-state index contributed by atoms with van der Waals surface area (Å²) in [5.74, 6) is -0.978. The Labute approximate surface area is 200 Å². The van der Waals surface area contributed by atoms with E-state index in [-0.39, 0.29) is 34.5 Å². The molecule has 1 aromatic rings. The van der Waals surface area contributed by atoms with E-state index >= 15 is 0 Å². The minimum Gasteiger partial charge on any atom is -0.452 e. The molecule has 0 aliphatic heterocycles. The lowest BCUT2D eigenvalue weighted by atomic mass is 9.59. The Hall–Kier alpha value is -2.30. The van der Waals surface area contributed by atoms with Crippen molar-refractivity contribution >= 4 is 5.78 Å². The third kappa shape index (κ3) is 3.05. The summed E-state index contributed by atoms with van der Waals surface area (Å²) >= 11 is 0. The molecule has 10 heteroatoms. The molecule has 190 valence electrons. The van der Waals surface area contributed by atoms with Crippen molar-refractivity contribution in [1.82, 2.24) is 9.97 Å². The smallest absolute Gasteiger partial charge is 0.419 e. The van der Waals surface area contributed by atoms with E-state index in [1.165, 1.54) is 0 Å². The summed E-state index contributed by atoms with van der Waals surface area (Å²) in [6, 6.07) is -0.429. The van der Waals surface area contributed by atoms with Crippen LogP contribution in [-0.2, 0) is 11.0 Å². The first-order valence-electron chi connectivity index (χ1n) is 11.7. The molecule has 2 fully saturated rings. The van der Waals surface area contributed by atoms with Crippen molar-refractivity contribution in [3.63, 3.8) is 0 Å². The molecule has 2 saturated carbocycles. The molecule has 35 heavy (non-hydrogen) atoms. The standard InChI is InChI=1S/C25H29F3N2O5/c1-11-7-23-12(2)5-16-17(22(16,3)4)15(19(23)33)6-13(10-31)18(32)24(23,34)20(11)35-21-29-8-14(9-30-21)25(26,27)28/h6-9,12,15-18,20,31-32,34H,5,10H2,1-4H3/t12-,15+,16-,17+,18-,20+,23+,24+/m1/s1. The van der Waals surface area contributed by atoms with E-state index in [0.717, 1.165) is 0 Å². The van der Waals surface area contributed by atoms with Gasteiger partial charge in [-0.15, -0.1) is 0 Å². The highest BCUT2D eigenvalue weighted by atomic mass is 19.4. The molecule has 8 atom stereocenters. The van der Waals surface area contributed by atoms with E-state index in [1.807, 2.05) is 6.92 Å². The largest absolute Gasteiger partial charge is 0.452 e. The maximum Gasteiger partial charge on any atom is 0.419 e. The van der Waals surface area contributed by atoms with Gasteiger partial charge in [0.1, 0.15) is 6.10 Å². The molecule has 0 radical (unpaired) electrons. The van der Waals surface area contributed by atoms with Crippen LogP contribution in [0.4, 0.5) is 13.2 Å². The number of alkyl halides is 3. The van der Waals surface area contributed by atoms with Crippen molar-refractivity contribution in [1.29, 1.82) is 0 Å². The predicted molar refractivity (Wildman–Crippen MR) is 117 cm³/mol. The molecule has 2 bridgehead atoms. The third-order valence-corrected chi connectivity index (χ3v) is 9.08. The normalized spacial score (nSPS) is 41.7. The number of allylic oxidation sites excluding steroid dienone is 1. The third-order valence-electron chi connectivity index (χ3n) is 9.08. The van der Waals surface area contributed by atoms with Crippen LogP contribution in [0.25, 0.3) is 0 Å². The number of halogens is 3. The zero-order valence-corrected chi connectivity index (χ0v) is 19.9. The van der Waals surface area contributed by atoms with Crippen LogP contribution in [0, 0.1) is 34.5 Å². The van der Waals surface area contributed by atoms with Gasteiger partial charge in [0.15, 0.2) is 17.5 Å². The van der Waals surface area contributed by atoms with Gasteiger partial charge < -0.3 is 20.1 Å². The second-order valence-electron chi connectivity index (χ2n) is 11.1. The van der Waals surface area contributed by atoms with Crippen molar-refractivity contribution in [3.05, 3.63) is 41.3 Å². The summed E-state index contributed by atoms with van der Waals surface area (Å²) in [6.45, 7) is 7.13. The van der Waals surface area contributed by atoms with Gasteiger partial charge in [-0.05, 0) is 47.7 Å². The van der Waals surface area contributed by atoms with Gasteiger partial charge in [0.25, 0.3) is 0 Å². The average molecular weight is 495 g/mol. The lowest BCUT2D eigenvalue weighted by Crippen LogP contribution is -2.66. The molecule has 7 nitrogen and oxygen atoms in total. The van der Waals surface area contributed by atoms with Crippen LogP contribution in [0.1, 0.15) is 39.7 Å². The number of aliphatic hydroxyl groups is 3. The molecular formula is C25H29F3N2O5. The van der Waals surface area contributed by atoms with Crippen LogP contribution in [0.3, 0.4) is 0 Å². The Bertz CT molecular complexity index is 1130. The van der Waals surface area contributed by atoms with E-state index < -0.39 is 53.5 Å². The molecule has 1 spiro atoms. The molecule has 4 aliphatic rings. The van der Waals surface area contributed by atoms with Crippen LogP contribution >= 0.6 is 0 Å². The van der Waals surface area contributed by atoms with Gasteiger partial charge in [0.05, 0.1) is 17.6 Å². The molecule has 0 aromatic carbocycles. The summed E-state index contributed by atoms with van der Waals surface area (Å²) in [5.41, 5.74) is -4.34. The number of hydrogen-bond donors (Lipinski definition) is 3. The number of rotatable bonds is 3. The lowest BCUT2D eigenvalue weighted by Gasteiger charge is -2.48. The Morgan fingerprint density at radius 1 is 1.23 bits per heavy atom. The zero-order chi connectivity index (χ0) is 25.7. The molecule has 0 amide bonds. The second kappa shape index (κ2) is 7.36. The van der Waals surface area contributed by atoms with E-state index in [0.29, 0.717) is 24.4 Å². The maximum atomic E-state index is 14.2. The van der Waals surface area contributed by atoms with E-state index in [2.05, 4.69) is 23.8 Å². The van der Waals surface area contributed by atoms with Crippen molar-refractivity contribution in [2.45, 2.75) is 58.1 Å². The van der Waals surface area contributed by atoms with Crippen LogP contribution in [0.5, 0.6) is 6.01 Å². The van der Waals surface area contributed by atoms with Crippen LogP contribution < -0.4 is 4.74 Å². The summed E-state index contributed by atoms with van der Waals surface area (Å²) in [7, 11) is 0. The molecule has 1 heterocycles. The Morgan fingerprint density at radius 3 is 2.43 bits per heavy atom. The number of nitrogens with zero attached hydrogens (tertiary/aromatic N) is 2. The molecule has 5 rings (SSSR count). The Morgan fingerprint density at radius 2 is 1.86 bits per heavy atom. The number of carbonyl (C=O) groups excluding carboxylic acids is 1. The van der Waals surface area contributed by atoms with Crippen molar-refractivity contribution in [2.75, 3.05) is 6.61 Å². The van der Waals surface area contributed by atoms with Crippen LogP contribution in [0.2, 0.25) is 0 Å². The van der Waals surface area contributed by atoms with Crippen molar-refractivity contribution in [2.24, 2.45) is 34.5 Å². The topological polar surface area (TPSA) is 113 Å². The van der Waals surface area contributed by atoms with Gasteiger partial charge in [0, 0.05) is 18.3 Å². The highest BCUT2D eigenvalue weighted by Crippen LogP contribution is 2.71. The van der Waals surface area contributed by atoms with Gasteiger partial charge in [-0.1, -0.05) is 32.9 Å². The number of Topliss-reactive ketones (excluding diaryl/α,β-unsaturated/α-hetero) is 1. The second-order valence-corrected chi connectivity index (χ2v) is 11.1. The lowest BCUT2D eigenvalue weighted by molar-refractivity contribution is -0.186. The molecular weight excluding hydrogens is 465 g/mol. The molecule has 0 unspecified atom stereocenters. The first-order valence-corrected chi connectivity index (χ1v) is 11.7. The van der Waals surface area contributed by atoms with Gasteiger partial charge in [0.2, 0.25) is 0 Å². The highest BCUT2D eigenvalue weighted by molar-refractivity contribution is 5.95. The van der Waals surface area contributed by atoms with Gasteiger partial charge in [-0.2, -0.15) is 13.2 Å². The molecule has 0 saturated heterocycles. The number of hydrogen-bond acceptors (Lipinski definition) is 7. The van der Waals surface area contributed by atoms with E-state index in [9.17, 15) is 33.3 Å². The fraction of sp³-hybridized carbons (Fsp3) is 0.640. The molecule has 4 aliphatic carbocycles. The first-order chi connectivity index (χ1) is 16.2. The predicted octanol–water partition coefficient (Wildman–Crippen LogP) is 2.71. The fourth-order valence-electron chi connectivity index (χ4n) is 7.22. The van der Waals surface area contributed by atoms with E-state index in [4.69, 9.17) is 4.74 Å². The number of ether oxygens (including phenoxy) is 1. The first kappa shape index (κ1) is 24.4. The van der Waals surface area contributed by atoms with Gasteiger partial charge in [-0.3, -0.25) is 4.79 Å². The number of aromatic nitrogens is 2. The molecule has 3 N–H and O–H groups in total. The summed E-state index contributed by atoms with van der Waals surface area (Å²) in [5, 5.41) is 33.9. The molecule has 1 aromatic heterocycles. The van der Waals surface area contributed by atoms with Crippen molar-refractivity contribution in [3.8, 4) is 6.01 Å². The minimum atomic E-state index is -4.63. The fourth-order valence-corrected chi connectivity index (χ4v) is 7.22. The van der Waals surface area contributed by atoms with Crippen LogP contribution in [-0.4, -0.2) is 55.5 Å².